The van der Waals surface area contributed by atoms with Gasteiger partial charge >= 0.3 is 6.18 Å². The number of hydrogen-bond donors (Lipinski definition) is 2. The van der Waals surface area contributed by atoms with Crippen molar-refractivity contribution in [2.75, 3.05) is 6.54 Å². The second-order valence-corrected chi connectivity index (χ2v) is 3.84. The van der Waals surface area contributed by atoms with Gasteiger partial charge in [-0.3, -0.25) is 0 Å². The molecule has 0 aromatic heterocycles. The van der Waals surface area contributed by atoms with Crippen LogP contribution in [0.15, 0.2) is 23.3 Å². The summed E-state index contributed by atoms with van der Waals surface area (Å²) in [7, 11) is 0. The monoisotopic (exact) mass is 286 g/mol. The maximum absolute atomic E-state index is 12.6. The lowest BCUT2D eigenvalue weighted by Crippen LogP contribution is -2.22. The van der Waals surface area contributed by atoms with Gasteiger partial charge in [-0.15, -0.1) is 0 Å². The minimum absolute atomic E-state index is 0.203. The quantitative estimate of drug-likeness (QED) is 0.502. The first-order valence-electron chi connectivity index (χ1n) is 5.29. The van der Waals surface area contributed by atoms with E-state index in [2.05, 4.69) is 10.0 Å². The van der Waals surface area contributed by atoms with Crippen molar-refractivity contribution < 1.29 is 23.4 Å². The molecular weight excluding hydrogens is 277 g/mol. The van der Waals surface area contributed by atoms with E-state index < -0.39 is 30.5 Å². The van der Waals surface area contributed by atoms with E-state index in [1.165, 1.54) is 0 Å². The van der Waals surface area contributed by atoms with Crippen LogP contribution in [0.2, 0.25) is 0 Å². The van der Waals surface area contributed by atoms with Crippen LogP contribution in [0.25, 0.3) is 10.4 Å². The average Bonchev–Trinajstić information content (AvgIpc) is 2.42. The van der Waals surface area contributed by atoms with E-state index in [0.29, 0.717) is 12.1 Å². The number of azide groups is 1. The Morgan fingerprint density at radius 2 is 2.05 bits per heavy atom. The van der Waals surface area contributed by atoms with Gasteiger partial charge in [0.05, 0.1) is 29.8 Å². The van der Waals surface area contributed by atoms with Crippen molar-refractivity contribution in [2.24, 2.45) is 5.11 Å². The molecule has 0 aliphatic rings. The minimum atomic E-state index is -4.64. The normalized spacial score (nSPS) is 14.0. The Labute approximate surface area is 111 Å². The molecule has 1 rings (SSSR count). The topological polar surface area (TPSA) is 113 Å². The standard InChI is InChI=1S/C11H9F3N4O2/c12-11(13,14)7-2-1-6(4-15)8(3-7)10(20)9(19)5-17-18-16/h1-3,9-10,19-20H,5H2. The van der Waals surface area contributed by atoms with Crippen LogP contribution in [-0.4, -0.2) is 22.9 Å². The van der Waals surface area contributed by atoms with Gasteiger partial charge in [-0.2, -0.15) is 18.4 Å². The number of hydrogen-bond acceptors (Lipinski definition) is 4. The summed E-state index contributed by atoms with van der Waals surface area (Å²) in [5.74, 6) is 0. The maximum Gasteiger partial charge on any atom is 0.416 e. The molecule has 2 N–H and O–H groups in total. The zero-order chi connectivity index (χ0) is 15.3. The molecular formula is C11H9F3N4O2. The van der Waals surface area contributed by atoms with Crippen LogP contribution < -0.4 is 0 Å². The number of halogens is 3. The first-order valence-corrected chi connectivity index (χ1v) is 5.29. The largest absolute Gasteiger partial charge is 0.416 e. The highest BCUT2D eigenvalue weighted by Gasteiger charge is 2.32. The number of aliphatic hydroxyl groups is 2. The van der Waals surface area contributed by atoms with Crippen molar-refractivity contribution >= 4 is 0 Å². The summed E-state index contributed by atoms with van der Waals surface area (Å²) >= 11 is 0. The van der Waals surface area contributed by atoms with E-state index in [-0.39, 0.29) is 11.1 Å². The molecule has 0 heterocycles. The second-order valence-electron chi connectivity index (χ2n) is 3.84. The van der Waals surface area contributed by atoms with Gasteiger partial charge in [0.15, 0.2) is 0 Å². The Hall–Kier alpha value is -2.27. The fourth-order valence-corrected chi connectivity index (χ4v) is 1.51. The summed E-state index contributed by atoms with van der Waals surface area (Å²) < 4.78 is 37.7. The Kier molecular flexibility index (Phi) is 4.94. The maximum atomic E-state index is 12.6. The van der Waals surface area contributed by atoms with Crippen LogP contribution in [0.3, 0.4) is 0 Å². The van der Waals surface area contributed by atoms with Crippen LogP contribution in [0.1, 0.15) is 22.8 Å². The first-order chi connectivity index (χ1) is 9.31. The number of rotatable bonds is 4. The molecule has 0 aliphatic heterocycles. The van der Waals surface area contributed by atoms with E-state index in [4.69, 9.17) is 10.8 Å². The Balaban J connectivity index is 3.20. The first kappa shape index (κ1) is 15.8. The van der Waals surface area contributed by atoms with Crippen molar-refractivity contribution in [3.63, 3.8) is 0 Å². The number of alkyl halides is 3. The van der Waals surface area contributed by atoms with Crippen LogP contribution in [0.5, 0.6) is 0 Å². The Morgan fingerprint density at radius 1 is 1.40 bits per heavy atom. The molecule has 106 valence electrons. The van der Waals surface area contributed by atoms with Crippen LogP contribution in [0.4, 0.5) is 13.2 Å². The van der Waals surface area contributed by atoms with Crippen molar-refractivity contribution in [1.82, 2.24) is 0 Å². The van der Waals surface area contributed by atoms with Gasteiger partial charge in [0.25, 0.3) is 0 Å². The van der Waals surface area contributed by atoms with Crippen LogP contribution in [-0.2, 0) is 6.18 Å². The summed E-state index contributed by atoms with van der Waals surface area (Å²) in [6.45, 7) is -0.529. The molecule has 2 atom stereocenters. The number of nitrogens with zero attached hydrogens (tertiary/aromatic N) is 4. The fraction of sp³-hybridized carbons (Fsp3) is 0.364. The van der Waals surface area contributed by atoms with Crippen LogP contribution >= 0.6 is 0 Å². The van der Waals surface area contributed by atoms with Crippen molar-refractivity contribution in [2.45, 2.75) is 18.4 Å². The van der Waals surface area contributed by atoms with Crippen molar-refractivity contribution in [3.05, 3.63) is 45.3 Å². The van der Waals surface area contributed by atoms with E-state index in [1.807, 2.05) is 0 Å². The van der Waals surface area contributed by atoms with E-state index >= 15 is 0 Å². The molecule has 0 aliphatic carbocycles. The molecule has 0 saturated carbocycles. The summed E-state index contributed by atoms with van der Waals surface area (Å²) in [5, 5.41) is 31.1. The van der Waals surface area contributed by atoms with Crippen molar-refractivity contribution in [3.8, 4) is 6.07 Å². The number of aliphatic hydroxyl groups excluding tert-OH is 2. The Bertz CT molecular complexity index is 576. The van der Waals surface area contributed by atoms with Gasteiger partial charge in [-0.25, -0.2) is 0 Å². The van der Waals surface area contributed by atoms with Crippen LogP contribution in [0, 0.1) is 11.3 Å². The molecule has 0 fully saturated rings. The zero-order valence-corrected chi connectivity index (χ0v) is 9.91. The molecule has 20 heavy (non-hydrogen) atoms. The molecule has 6 nitrogen and oxygen atoms in total. The van der Waals surface area contributed by atoms with E-state index in [0.717, 1.165) is 6.07 Å². The molecule has 0 saturated heterocycles. The molecule has 0 bridgehead atoms. The fourth-order valence-electron chi connectivity index (χ4n) is 1.51. The molecule has 0 radical (unpaired) electrons. The lowest BCUT2D eigenvalue weighted by molar-refractivity contribution is -0.137. The third-order valence-corrected chi connectivity index (χ3v) is 2.51. The van der Waals surface area contributed by atoms with Gasteiger partial charge in [-0.05, 0) is 23.7 Å². The van der Waals surface area contributed by atoms with Gasteiger partial charge < -0.3 is 10.2 Å². The van der Waals surface area contributed by atoms with Gasteiger partial charge in [-0.1, -0.05) is 5.11 Å². The number of nitriles is 1. The summed E-state index contributed by atoms with van der Waals surface area (Å²) in [6.07, 6.45) is -8.02. The highest BCUT2D eigenvalue weighted by molar-refractivity contribution is 5.42. The third kappa shape index (κ3) is 3.61. The average molecular weight is 286 g/mol. The molecule has 1 aromatic carbocycles. The predicted molar refractivity (Wildman–Crippen MR) is 61.1 cm³/mol. The van der Waals surface area contributed by atoms with Crippen molar-refractivity contribution in [1.29, 1.82) is 5.26 Å². The minimum Gasteiger partial charge on any atom is -0.390 e. The number of benzene rings is 1. The molecule has 1 aromatic rings. The molecule has 0 spiro atoms. The third-order valence-electron chi connectivity index (χ3n) is 2.51. The van der Waals surface area contributed by atoms with Gasteiger partial charge in [0.1, 0.15) is 6.10 Å². The highest BCUT2D eigenvalue weighted by atomic mass is 19.4. The van der Waals surface area contributed by atoms with Gasteiger partial charge in [0.2, 0.25) is 0 Å². The lowest BCUT2D eigenvalue weighted by atomic mass is 9.96. The molecule has 2 unspecified atom stereocenters. The van der Waals surface area contributed by atoms with E-state index in [9.17, 15) is 23.4 Å². The smallest absolute Gasteiger partial charge is 0.390 e. The lowest BCUT2D eigenvalue weighted by Gasteiger charge is -2.19. The summed E-state index contributed by atoms with van der Waals surface area (Å²) in [5.41, 5.74) is 6.45. The highest BCUT2D eigenvalue weighted by Crippen LogP contribution is 2.32. The van der Waals surface area contributed by atoms with E-state index in [1.54, 1.807) is 6.07 Å². The van der Waals surface area contributed by atoms with Gasteiger partial charge in [0, 0.05) is 10.5 Å². The second kappa shape index (κ2) is 6.25. The molecule has 0 amide bonds. The Morgan fingerprint density at radius 3 is 2.55 bits per heavy atom. The molecule has 9 heteroatoms. The zero-order valence-electron chi connectivity index (χ0n) is 9.91. The SMILES string of the molecule is N#Cc1ccc(C(F)(F)F)cc1C(O)C(O)CN=[N+]=[N-]. The summed E-state index contributed by atoms with van der Waals surface area (Å²) in [4.78, 5) is 2.36. The summed E-state index contributed by atoms with van der Waals surface area (Å²) in [6, 6.07) is 3.82. The predicted octanol–water partition coefficient (Wildman–Crippen LogP) is 2.28.